The molecular weight excluding hydrogens is 150 g/mol. The number of rotatable bonds is 2. The van der Waals surface area contributed by atoms with Gasteiger partial charge in [-0.25, -0.2) is 0 Å². The Bertz CT molecular complexity index is 284. The van der Waals surface area contributed by atoms with E-state index in [1.54, 1.807) is 31.5 Å². The van der Waals surface area contributed by atoms with Gasteiger partial charge in [0, 0.05) is 18.8 Å². The lowest BCUT2D eigenvalue weighted by molar-refractivity contribution is 0.184. The van der Waals surface area contributed by atoms with Gasteiger partial charge in [-0.2, -0.15) is 0 Å². The Morgan fingerprint density at radius 3 is 2.75 bits per heavy atom. The van der Waals surface area contributed by atoms with Gasteiger partial charge >= 0.3 is 0 Å². The van der Waals surface area contributed by atoms with Crippen molar-refractivity contribution in [2.75, 3.05) is 0 Å². The van der Waals surface area contributed by atoms with Gasteiger partial charge in [0.05, 0.1) is 6.10 Å². The van der Waals surface area contributed by atoms with Crippen molar-refractivity contribution >= 4 is 0 Å². The van der Waals surface area contributed by atoms with Gasteiger partial charge in [-0.3, -0.25) is 4.98 Å². The van der Waals surface area contributed by atoms with Crippen molar-refractivity contribution in [2.45, 2.75) is 19.4 Å². The Labute approximate surface area is 72.3 Å². The smallest absolute Gasteiger partial charge is 0.0900 e. The Morgan fingerprint density at radius 2 is 2.17 bits per heavy atom. The van der Waals surface area contributed by atoms with Crippen LogP contribution in [-0.4, -0.2) is 10.1 Å². The molecule has 0 saturated carbocycles. The first-order chi connectivity index (χ1) is 5.84. The van der Waals surface area contributed by atoms with Crippen LogP contribution in [0.4, 0.5) is 0 Å². The highest BCUT2D eigenvalue weighted by molar-refractivity contribution is 5.15. The van der Waals surface area contributed by atoms with Crippen molar-refractivity contribution in [1.82, 2.24) is 4.98 Å². The fourth-order valence-electron chi connectivity index (χ4n) is 0.902. The van der Waals surface area contributed by atoms with Crippen LogP contribution in [0.25, 0.3) is 0 Å². The molecule has 2 heteroatoms. The van der Waals surface area contributed by atoms with Crippen LogP contribution >= 0.6 is 0 Å². The molecule has 1 atom stereocenters. The average Bonchev–Trinajstić information content (AvgIpc) is 2.15. The summed E-state index contributed by atoms with van der Waals surface area (Å²) in [7, 11) is 0. The molecule has 0 amide bonds. The lowest BCUT2D eigenvalue weighted by Crippen LogP contribution is -1.95. The summed E-state index contributed by atoms with van der Waals surface area (Å²) in [5, 5.41) is 9.52. The highest BCUT2D eigenvalue weighted by Crippen LogP contribution is 2.13. The third-order valence-corrected chi connectivity index (χ3v) is 1.56. The van der Waals surface area contributed by atoms with Gasteiger partial charge in [-0.1, -0.05) is 0 Å². The maximum Gasteiger partial charge on any atom is 0.0900 e. The number of hydrogen-bond donors (Lipinski definition) is 1. The lowest BCUT2D eigenvalue weighted by atomic mass is 10.1. The molecule has 1 unspecified atom stereocenters. The average molecular weight is 161 g/mol. The van der Waals surface area contributed by atoms with Crippen molar-refractivity contribution in [1.29, 1.82) is 0 Å². The van der Waals surface area contributed by atoms with E-state index in [0.717, 1.165) is 5.56 Å². The van der Waals surface area contributed by atoms with E-state index in [-0.39, 0.29) is 0 Å². The predicted molar refractivity (Wildman–Crippen MR) is 47.3 cm³/mol. The van der Waals surface area contributed by atoms with Crippen LogP contribution in [0, 0.1) is 11.8 Å². The quantitative estimate of drug-likeness (QED) is 0.667. The van der Waals surface area contributed by atoms with Crippen LogP contribution in [0.15, 0.2) is 24.5 Å². The largest absolute Gasteiger partial charge is 0.387 e. The fraction of sp³-hybridized carbons (Fsp3) is 0.300. The molecule has 0 saturated heterocycles. The number of nitrogens with zero attached hydrogens (tertiary/aromatic N) is 1. The first-order valence-electron chi connectivity index (χ1n) is 3.82. The number of aromatic nitrogens is 1. The van der Waals surface area contributed by atoms with E-state index in [1.807, 2.05) is 0 Å². The van der Waals surface area contributed by atoms with E-state index < -0.39 is 6.10 Å². The normalized spacial score (nSPS) is 11.5. The van der Waals surface area contributed by atoms with Gasteiger partial charge in [0.1, 0.15) is 0 Å². The second kappa shape index (κ2) is 4.53. The molecule has 1 rings (SSSR count). The van der Waals surface area contributed by atoms with Crippen LogP contribution in [0.5, 0.6) is 0 Å². The maximum atomic E-state index is 9.52. The number of pyridine rings is 1. The van der Waals surface area contributed by atoms with Gasteiger partial charge in [-0.15, -0.1) is 11.8 Å². The van der Waals surface area contributed by atoms with Crippen LogP contribution in [0.2, 0.25) is 0 Å². The monoisotopic (exact) mass is 161 g/mol. The van der Waals surface area contributed by atoms with Gasteiger partial charge in [-0.05, 0) is 24.6 Å². The Morgan fingerprint density at radius 1 is 1.50 bits per heavy atom. The summed E-state index contributed by atoms with van der Waals surface area (Å²) in [6.07, 6.45) is 3.33. The maximum absolute atomic E-state index is 9.52. The van der Waals surface area contributed by atoms with E-state index in [4.69, 9.17) is 0 Å². The third kappa shape index (κ3) is 2.37. The number of aliphatic hydroxyl groups excluding tert-OH is 1. The second-order valence-electron chi connectivity index (χ2n) is 2.43. The van der Waals surface area contributed by atoms with Crippen molar-refractivity contribution in [3.63, 3.8) is 0 Å². The molecule has 0 bridgehead atoms. The first-order valence-corrected chi connectivity index (χ1v) is 3.82. The number of aliphatic hydroxyl groups is 1. The summed E-state index contributed by atoms with van der Waals surface area (Å²) in [6, 6.07) is 3.59. The topological polar surface area (TPSA) is 33.1 Å². The lowest BCUT2D eigenvalue weighted by Gasteiger charge is -2.05. The highest BCUT2D eigenvalue weighted by Gasteiger charge is 2.03. The Hall–Kier alpha value is -1.33. The zero-order valence-corrected chi connectivity index (χ0v) is 6.99. The molecule has 0 aliphatic carbocycles. The molecular formula is C10H11NO. The van der Waals surface area contributed by atoms with Crippen molar-refractivity contribution in [3.8, 4) is 11.8 Å². The van der Waals surface area contributed by atoms with Crippen LogP contribution in [-0.2, 0) is 0 Å². The van der Waals surface area contributed by atoms with Crippen LogP contribution in [0.1, 0.15) is 25.0 Å². The summed E-state index contributed by atoms with van der Waals surface area (Å²) < 4.78 is 0. The molecule has 1 aromatic heterocycles. The zero-order chi connectivity index (χ0) is 8.81. The molecule has 0 radical (unpaired) electrons. The van der Waals surface area contributed by atoms with Crippen LogP contribution in [0.3, 0.4) is 0 Å². The van der Waals surface area contributed by atoms with Crippen molar-refractivity contribution in [2.24, 2.45) is 0 Å². The fourth-order valence-corrected chi connectivity index (χ4v) is 0.902. The molecule has 12 heavy (non-hydrogen) atoms. The number of hydrogen-bond acceptors (Lipinski definition) is 2. The van der Waals surface area contributed by atoms with E-state index in [0.29, 0.717) is 6.42 Å². The van der Waals surface area contributed by atoms with Crippen molar-refractivity contribution < 1.29 is 5.11 Å². The standard InChI is InChI=1S/C10H11NO/c1-2-3-4-10(12)9-5-7-11-8-6-9/h5-8,10,12H,4H2,1H3. The minimum atomic E-state index is -0.486. The molecule has 0 aromatic carbocycles. The van der Waals surface area contributed by atoms with Gasteiger partial charge in [0.25, 0.3) is 0 Å². The second-order valence-corrected chi connectivity index (χ2v) is 2.43. The van der Waals surface area contributed by atoms with E-state index in [9.17, 15) is 5.11 Å². The molecule has 2 nitrogen and oxygen atoms in total. The Kier molecular flexibility index (Phi) is 3.31. The predicted octanol–water partition coefficient (Wildman–Crippen LogP) is 1.53. The summed E-state index contributed by atoms with van der Waals surface area (Å²) >= 11 is 0. The van der Waals surface area contributed by atoms with Gasteiger partial charge in [0.2, 0.25) is 0 Å². The molecule has 0 fully saturated rings. The summed E-state index contributed by atoms with van der Waals surface area (Å²) in [4.78, 5) is 3.86. The molecule has 1 N–H and O–H groups in total. The molecule has 1 aromatic rings. The Balaban J connectivity index is 2.63. The van der Waals surface area contributed by atoms with E-state index in [2.05, 4.69) is 16.8 Å². The first kappa shape index (κ1) is 8.76. The van der Waals surface area contributed by atoms with E-state index >= 15 is 0 Å². The summed E-state index contributed by atoms with van der Waals surface area (Å²) in [5.41, 5.74) is 0.868. The third-order valence-electron chi connectivity index (χ3n) is 1.56. The van der Waals surface area contributed by atoms with Crippen LogP contribution < -0.4 is 0 Å². The minimum Gasteiger partial charge on any atom is -0.387 e. The SMILES string of the molecule is CC#CCC(O)c1ccncc1. The minimum absolute atomic E-state index is 0.486. The molecule has 62 valence electrons. The molecule has 0 spiro atoms. The summed E-state index contributed by atoms with van der Waals surface area (Å²) in [5.74, 6) is 5.57. The molecule has 1 heterocycles. The van der Waals surface area contributed by atoms with Gasteiger partial charge < -0.3 is 5.11 Å². The molecule has 0 aliphatic heterocycles. The summed E-state index contributed by atoms with van der Waals surface area (Å²) in [6.45, 7) is 1.76. The van der Waals surface area contributed by atoms with Crippen molar-refractivity contribution in [3.05, 3.63) is 30.1 Å². The molecule has 0 aliphatic rings. The zero-order valence-electron chi connectivity index (χ0n) is 6.99. The van der Waals surface area contributed by atoms with E-state index in [1.165, 1.54) is 0 Å². The highest BCUT2D eigenvalue weighted by atomic mass is 16.3. The van der Waals surface area contributed by atoms with Gasteiger partial charge in [0.15, 0.2) is 0 Å².